The summed E-state index contributed by atoms with van der Waals surface area (Å²) in [6.45, 7) is 0. The van der Waals surface area contributed by atoms with Crippen LogP contribution >= 0.6 is 34.8 Å². The normalized spacial score (nSPS) is 9.90. The van der Waals surface area contributed by atoms with E-state index in [1.165, 1.54) is 12.4 Å². The minimum Gasteiger partial charge on any atom is -0.285 e. The quantitative estimate of drug-likeness (QED) is 0.502. The molecule has 0 atom stereocenters. The van der Waals surface area contributed by atoms with Crippen LogP contribution in [0, 0.1) is 0 Å². The molecule has 0 unspecified atom stereocenters. The van der Waals surface area contributed by atoms with E-state index in [-0.39, 0.29) is 15.1 Å². The molecule has 0 bridgehead atoms. The molecular weight excluding hydrogens is 196 g/mol. The first-order valence-electron chi connectivity index (χ1n) is 2.36. The Kier molecular flexibility index (Phi) is 2.24. The highest BCUT2D eigenvalue weighted by molar-refractivity contribution is 6.47. The van der Waals surface area contributed by atoms with E-state index in [0.717, 1.165) is 4.73 Å². The minimum absolute atomic E-state index is 0.219. The van der Waals surface area contributed by atoms with Crippen LogP contribution in [0.15, 0.2) is 12.4 Å². The van der Waals surface area contributed by atoms with E-state index < -0.39 is 0 Å². The van der Waals surface area contributed by atoms with Crippen molar-refractivity contribution in [1.29, 1.82) is 0 Å². The smallest absolute Gasteiger partial charge is 0.242 e. The van der Waals surface area contributed by atoms with Crippen molar-refractivity contribution in [3.8, 4) is 0 Å². The first-order valence-corrected chi connectivity index (χ1v) is 3.49. The summed E-state index contributed by atoms with van der Waals surface area (Å²) < 4.78 is 0.747. The van der Waals surface area contributed by atoms with E-state index in [1.54, 1.807) is 0 Å². The summed E-state index contributed by atoms with van der Waals surface area (Å²) in [5.74, 6) is 0. The average molecular weight is 199 g/mol. The molecular formula is C5H3Cl3NO+. The standard InChI is InChI=1S/C5H3Cl3NO/c6-3-1-9(10)2-4(7)5(3)8/h1-2,10H/q+1. The molecule has 1 heterocycles. The van der Waals surface area contributed by atoms with Gasteiger partial charge in [0.1, 0.15) is 10.0 Å². The van der Waals surface area contributed by atoms with Crippen LogP contribution in [-0.4, -0.2) is 5.21 Å². The van der Waals surface area contributed by atoms with E-state index in [0.29, 0.717) is 0 Å². The SMILES string of the molecule is O[n+]1cc(Cl)c(Cl)c(Cl)c1. The third-order valence-corrected chi connectivity index (χ3v) is 2.08. The average Bonchev–Trinajstić information content (AvgIpc) is 1.82. The van der Waals surface area contributed by atoms with Gasteiger partial charge in [0.25, 0.3) is 0 Å². The van der Waals surface area contributed by atoms with Crippen molar-refractivity contribution in [2.45, 2.75) is 0 Å². The number of nitrogens with zero attached hydrogens (tertiary/aromatic N) is 1. The van der Waals surface area contributed by atoms with Crippen molar-refractivity contribution in [3.63, 3.8) is 0 Å². The Balaban J connectivity index is 3.31. The minimum atomic E-state index is 0.219. The van der Waals surface area contributed by atoms with Gasteiger partial charge in [-0.15, -0.1) is 0 Å². The molecule has 0 aliphatic heterocycles. The monoisotopic (exact) mass is 198 g/mol. The van der Waals surface area contributed by atoms with Crippen LogP contribution in [0.4, 0.5) is 0 Å². The van der Waals surface area contributed by atoms with Gasteiger partial charge in [0, 0.05) is 4.73 Å². The zero-order valence-corrected chi connectivity index (χ0v) is 6.95. The lowest BCUT2D eigenvalue weighted by Crippen LogP contribution is -2.28. The molecule has 2 nitrogen and oxygen atoms in total. The number of aromatic nitrogens is 1. The molecule has 0 fully saturated rings. The van der Waals surface area contributed by atoms with Gasteiger partial charge in [0.15, 0.2) is 0 Å². The Morgan fingerprint density at radius 2 is 1.50 bits per heavy atom. The van der Waals surface area contributed by atoms with Crippen LogP contribution in [-0.2, 0) is 0 Å². The Bertz CT molecular complexity index is 240. The number of pyridine rings is 1. The maximum atomic E-state index is 8.81. The summed E-state index contributed by atoms with van der Waals surface area (Å²) in [5.41, 5.74) is 0. The van der Waals surface area contributed by atoms with E-state index in [2.05, 4.69) is 0 Å². The fourth-order valence-electron chi connectivity index (χ4n) is 0.497. The fourth-order valence-corrected chi connectivity index (χ4v) is 1.05. The molecule has 1 N–H and O–H groups in total. The maximum absolute atomic E-state index is 8.81. The summed E-state index contributed by atoms with van der Waals surface area (Å²) in [5, 5.41) is 9.49. The van der Waals surface area contributed by atoms with Crippen molar-refractivity contribution < 1.29 is 9.94 Å². The lowest BCUT2D eigenvalue weighted by atomic mass is 10.5. The summed E-state index contributed by atoms with van der Waals surface area (Å²) in [7, 11) is 0. The van der Waals surface area contributed by atoms with Gasteiger partial charge in [-0.2, -0.15) is 0 Å². The third-order valence-electron chi connectivity index (χ3n) is 0.911. The summed E-state index contributed by atoms with van der Waals surface area (Å²) in [4.78, 5) is 0. The second kappa shape index (κ2) is 2.82. The molecule has 1 rings (SSSR count). The number of halogens is 3. The molecule has 0 saturated carbocycles. The third kappa shape index (κ3) is 1.45. The molecule has 0 radical (unpaired) electrons. The lowest BCUT2D eigenvalue weighted by molar-refractivity contribution is -0.904. The van der Waals surface area contributed by atoms with E-state index in [1.807, 2.05) is 0 Å². The molecule has 0 aromatic carbocycles. The largest absolute Gasteiger partial charge is 0.285 e. The van der Waals surface area contributed by atoms with Crippen molar-refractivity contribution in [3.05, 3.63) is 27.5 Å². The molecule has 1 aromatic heterocycles. The van der Waals surface area contributed by atoms with Crippen LogP contribution in [0.25, 0.3) is 0 Å². The molecule has 0 saturated heterocycles. The van der Waals surface area contributed by atoms with Crippen molar-refractivity contribution in [2.75, 3.05) is 0 Å². The predicted octanol–water partition coefficient (Wildman–Crippen LogP) is 2.17. The van der Waals surface area contributed by atoms with Crippen molar-refractivity contribution in [1.82, 2.24) is 0 Å². The molecule has 0 aliphatic carbocycles. The van der Waals surface area contributed by atoms with Crippen LogP contribution in [0.1, 0.15) is 0 Å². The lowest BCUT2D eigenvalue weighted by Gasteiger charge is -1.91. The van der Waals surface area contributed by atoms with E-state index in [4.69, 9.17) is 40.0 Å². The highest BCUT2D eigenvalue weighted by atomic mass is 35.5. The highest BCUT2D eigenvalue weighted by Gasteiger charge is 2.10. The fraction of sp³-hybridized carbons (Fsp3) is 0. The summed E-state index contributed by atoms with van der Waals surface area (Å²) >= 11 is 16.6. The molecule has 54 valence electrons. The molecule has 0 aliphatic rings. The molecule has 0 spiro atoms. The van der Waals surface area contributed by atoms with Gasteiger partial charge >= 0.3 is 0 Å². The van der Waals surface area contributed by atoms with Crippen LogP contribution in [0.3, 0.4) is 0 Å². The van der Waals surface area contributed by atoms with Gasteiger partial charge in [-0.3, -0.25) is 5.21 Å². The maximum Gasteiger partial charge on any atom is 0.242 e. The molecule has 1 aromatic rings. The number of rotatable bonds is 0. The van der Waals surface area contributed by atoms with Gasteiger partial charge < -0.3 is 0 Å². The Labute approximate surface area is 72.5 Å². The van der Waals surface area contributed by atoms with Gasteiger partial charge in [-0.25, -0.2) is 0 Å². The van der Waals surface area contributed by atoms with Crippen LogP contribution < -0.4 is 4.73 Å². The van der Waals surface area contributed by atoms with Crippen molar-refractivity contribution >= 4 is 34.8 Å². The summed E-state index contributed by atoms with van der Waals surface area (Å²) in [6, 6.07) is 0. The van der Waals surface area contributed by atoms with Gasteiger partial charge in [-0.05, 0) is 0 Å². The predicted molar refractivity (Wildman–Crippen MR) is 38.9 cm³/mol. The highest BCUT2D eigenvalue weighted by Crippen LogP contribution is 2.26. The van der Waals surface area contributed by atoms with Crippen LogP contribution in [0.2, 0.25) is 15.1 Å². The zero-order chi connectivity index (χ0) is 7.72. The second-order valence-electron chi connectivity index (χ2n) is 1.65. The summed E-state index contributed by atoms with van der Waals surface area (Å²) in [6.07, 6.45) is 2.49. The molecule has 5 heteroatoms. The topological polar surface area (TPSA) is 24.1 Å². The van der Waals surface area contributed by atoms with Gasteiger partial charge in [-0.1, -0.05) is 34.8 Å². The Morgan fingerprint density at radius 3 is 1.90 bits per heavy atom. The first-order chi connectivity index (χ1) is 4.61. The van der Waals surface area contributed by atoms with Crippen molar-refractivity contribution in [2.24, 2.45) is 0 Å². The van der Waals surface area contributed by atoms with E-state index in [9.17, 15) is 0 Å². The van der Waals surface area contributed by atoms with Gasteiger partial charge in [0.2, 0.25) is 12.4 Å². The first kappa shape index (κ1) is 7.92. The van der Waals surface area contributed by atoms with Crippen LogP contribution in [0.5, 0.6) is 0 Å². The molecule has 0 amide bonds. The van der Waals surface area contributed by atoms with E-state index >= 15 is 0 Å². The number of hydrogen-bond acceptors (Lipinski definition) is 1. The molecule has 10 heavy (non-hydrogen) atoms. The Hall–Kier alpha value is -0.180. The zero-order valence-electron chi connectivity index (χ0n) is 4.68. The second-order valence-corrected chi connectivity index (χ2v) is 2.84. The van der Waals surface area contributed by atoms with Gasteiger partial charge in [0.05, 0.1) is 5.02 Å². The number of hydrogen-bond donors (Lipinski definition) is 1. The Morgan fingerprint density at radius 1 is 1.10 bits per heavy atom.